The lowest BCUT2D eigenvalue weighted by molar-refractivity contribution is 0.290. The number of pyridine rings is 1. The van der Waals surface area contributed by atoms with Gasteiger partial charge in [-0.05, 0) is 86.1 Å². The molecule has 1 aliphatic heterocycles. The fourth-order valence-electron chi connectivity index (χ4n) is 4.96. The molecule has 1 saturated heterocycles. The summed E-state index contributed by atoms with van der Waals surface area (Å²) in [6, 6.07) is 23.0. The van der Waals surface area contributed by atoms with Crippen LogP contribution in [-0.2, 0) is 0 Å². The van der Waals surface area contributed by atoms with Gasteiger partial charge in [0.05, 0.1) is 28.5 Å². The van der Waals surface area contributed by atoms with Crippen LogP contribution in [0, 0.1) is 0 Å². The van der Waals surface area contributed by atoms with Crippen LogP contribution in [0.3, 0.4) is 0 Å². The molecule has 4 nitrogen and oxygen atoms in total. The zero-order chi connectivity index (χ0) is 25.6. The molecule has 2 aromatic carbocycles. The van der Waals surface area contributed by atoms with Crippen LogP contribution in [0.5, 0.6) is 0 Å². The van der Waals surface area contributed by atoms with Crippen LogP contribution < -0.4 is 11.1 Å². The number of rotatable bonds is 8. The summed E-state index contributed by atoms with van der Waals surface area (Å²) in [5, 5.41) is 3.73. The smallest absolute Gasteiger partial charge is 0.110 e. The van der Waals surface area contributed by atoms with Gasteiger partial charge in [-0.25, -0.2) is 4.98 Å². The molecule has 5 rings (SSSR count). The van der Waals surface area contributed by atoms with Gasteiger partial charge in [0.15, 0.2) is 0 Å². The van der Waals surface area contributed by atoms with Crippen molar-refractivity contribution in [3.05, 3.63) is 114 Å². The van der Waals surface area contributed by atoms with Crippen molar-refractivity contribution in [1.82, 2.24) is 15.2 Å². The highest BCUT2D eigenvalue weighted by atomic mass is 15.2. The van der Waals surface area contributed by atoms with Crippen molar-refractivity contribution < 1.29 is 0 Å². The van der Waals surface area contributed by atoms with E-state index in [-0.39, 0.29) is 0 Å². The van der Waals surface area contributed by atoms with Gasteiger partial charge in [-0.3, -0.25) is 0 Å². The molecule has 37 heavy (non-hydrogen) atoms. The molecule has 2 aliphatic rings. The molecule has 4 heteroatoms. The fourth-order valence-corrected chi connectivity index (χ4v) is 4.96. The van der Waals surface area contributed by atoms with Gasteiger partial charge in [-0.1, -0.05) is 61.2 Å². The average molecular weight is 489 g/mol. The third kappa shape index (κ3) is 5.69. The number of nitrogens with one attached hydrogen (secondary N) is 1. The first-order valence-corrected chi connectivity index (χ1v) is 13.3. The third-order valence-electron chi connectivity index (χ3n) is 7.04. The van der Waals surface area contributed by atoms with E-state index in [9.17, 15) is 0 Å². The number of allylic oxidation sites excluding steroid dienone is 4. The van der Waals surface area contributed by atoms with E-state index < -0.39 is 0 Å². The van der Waals surface area contributed by atoms with Crippen molar-refractivity contribution in [2.45, 2.75) is 39.0 Å². The summed E-state index contributed by atoms with van der Waals surface area (Å²) >= 11 is 0. The molecule has 0 radical (unpaired) electrons. The number of nitrogens with zero attached hydrogens (tertiary/aromatic N) is 2. The minimum absolute atomic E-state index is 0.679. The van der Waals surface area contributed by atoms with Crippen molar-refractivity contribution in [2.24, 2.45) is 0 Å². The molecule has 0 spiro atoms. The van der Waals surface area contributed by atoms with Crippen molar-refractivity contribution in [3.8, 4) is 22.4 Å². The van der Waals surface area contributed by atoms with E-state index in [1.54, 1.807) is 0 Å². The van der Waals surface area contributed by atoms with Crippen molar-refractivity contribution in [1.29, 1.82) is 0 Å². The van der Waals surface area contributed by atoms with Gasteiger partial charge in [0.1, 0.15) is 5.69 Å². The zero-order valence-corrected chi connectivity index (χ0v) is 21.7. The Morgan fingerprint density at radius 1 is 0.919 bits per heavy atom. The number of aromatic nitrogens is 1. The van der Waals surface area contributed by atoms with Crippen LogP contribution in [0.2, 0.25) is 0 Å². The summed E-state index contributed by atoms with van der Waals surface area (Å²) in [5.74, 6) is 0. The Morgan fingerprint density at radius 2 is 1.65 bits per heavy atom. The number of piperidine rings is 1. The van der Waals surface area contributed by atoms with Gasteiger partial charge in [0, 0.05) is 18.7 Å². The number of nitrogen functional groups attached to an aromatic ring is 1. The Hall–Kier alpha value is -4.05. The molecule has 1 saturated carbocycles. The summed E-state index contributed by atoms with van der Waals surface area (Å²) in [5.41, 5.74) is 17.0. The minimum atomic E-state index is 0.679. The molecule has 2 heterocycles. The summed E-state index contributed by atoms with van der Waals surface area (Å²) in [7, 11) is 0. The van der Waals surface area contributed by atoms with E-state index in [1.807, 2.05) is 24.3 Å². The molecule has 3 aromatic rings. The van der Waals surface area contributed by atoms with Gasteiger partial charge in [-0.2, -0.15) is 0 Å². The Balaban J connectivity index is 1.52. The van der Waals surface area contributed by atoms with Gasteiger partial charge >= 0.3 is 0 Å². The molecule has 0 unspecified atom stereocenters. The highest BCUT2D eigenvalue weighted by Crippen LogP contribution is 2.38. The van der Waals surface area contributed by atoms with E-state index in [2.05, 4.69) is 84.4 Å². The second-order valence-corrected chi connectivity index (χ2v) is 9.74. The fraction of sp³-hybridized carbons (Fsp3) is 0.242. The molecule has 2 fully saturated rings. The topological polar surface area (TPSA) is 54.2 Å². The number of benzene rings is 2. The Labute approximate surface area is 220 Å². The first-order chi connectivity index (χ1) is 18.2. The molecule has 3 N–H and O–H groups in total. The number of hydrogen-bond acceptors (Lipinski definition) is 4. The highest BCUT2D eigenvalue weighted by molar-refractivity contribution is 5.79. The molecule has 1 aliphatic carbocycles. The van der Waals surface area contributed by atoms with Gasteiger partial charge in [0.2, 0.25) is 0 Å². The first kappa shape index (κ1) is 24.6. The summed E-state index contributed by atoms with van der Waals surface area (Å²) in [4.78, 5) is 7.57. The monoisotopic (exact) mass is 488 g/mol. The molecule has 0 atom stereocenters. The maximum Gasteiger partial charge on any atom is 0.110 e. The van der Waals surface area contributed by atoms with Gasteiger partial charge in [-0.15, -0.1) is 0 Å². The maximum absolute atomic E-state index is 6.55. The maximum atomic E-state index is 6.55. The minimum Gasteiger partial charge on any atom is -0.397 e. The van der Waals surface area contributed by atoms with Gasteiger partial charge < -0.3 is 16.0 Å². The Kier molecular flexibility index (Phi) is 7.55. The van der Waals surface area contributed by atoms with Crippen molar-refractivity contribution in [2.75, 3.05) is 18.8 Å². The Bertz CT molecular complexity index is 1350. The summed E-state index contributed by atoms with van der Waals surface area (Å²) < 4.78 is 0. The van der Waals surface area contributed by atoms with E-state index in [1.165, 1.54) is 41.7 Å². The Morgan fingerprint density at radius 3 is 2.35 bits per heavy atom. The molecular weight excluding hydrogens is 452 g/mol. The first-order valence-electron chi connectivity index (χ1n) is 13.3. The number of nitrogens with two attached hydrogens (primary N) is 1. The third-order valence-corrected chi connectivity index (χ3v) is 7.04. The van der Waals surface area contributed by atoms with Crippen molar-refractivity contribution in [3.63, 3.8) is 0 Å². The highest BCUT2D eigenvalue weighted by Gasteiger charge is 2.24. The molecule has 0 amide bonds. The van der Waals surface area contributed by atoms with Crippen LogP contribution in [-0.4, -0.2) is 23.0 Å². The van der Waals surface area contributed by atoms with Crippen LogP contribution in [0.4, 0.5) is 5.69 Å². The quantitative estimate of drug-likeness (QED) is 0.321. The van der Waals surface area contributed by atoms with E-state index in [4.69, 9.17) is 10.7 Å². The second kappa shape index (κ2) is 11.3. The molecule has 0 bridgehead atoms. The molecule has 1 aromatic heterocycles. The average Bonchev–Trinajstić information content (AvgIpc) is 3.80. The van der Waals surface area contributed by atoms with Crippen LogP contribution >= 0.6 is 0 Å². The van der Waals surface area contributed by atoms with Crippen LogP contribution in [0.25, 0.3) is 28.1 Å². The summed E-state index contributed by atoms with van der Waals surface area (Å²) in [6.45, 7) is 8.36. The molecule has 188 valence electrons. The van der Waals surface area contributed by atoms with Gasteiger partial charge in [0.25, 0.3) is 0 Å². The van der Waals surface area contributed by atoms with Crippen molar-refractivity contribution >= 4 is 11.4 Å². The lowest BCUT2D eigenvalue weighted by atomic mass is 10.0. The molecular formula is C33H36N4. The lowest BCUT2D eigenvalue weighted by Gasteiger charge is -2.31. The van der Waals surface area contributed by atoms with E-state index in [0.717, 1.165) is 54.3 Å². The second-order valence-electron chi connectivity index (χ2n) is 9.74. The number of anilines is 1. The van der Waals surface area contributed by atoms with Crippen LogP contribution in [0.1, 0.15) is 44.7 Å². The predicted molar refractivity (Wildman–Crippen MR) is 156 cm³/mol. The van der Waals surface area contributed by atoms with Crippen LogP contribution in [0.15, 0.2) is 109 Å². The normalized spacial score (nSPS) is 15.9. The zero-order valence-electron chi connectivity index (χ0n) is 21.7. The largest absolute Gasteiger partial charge is 0.397 e. The number of likely N-dealkylation sites (tertiary alicyclic amines) is 1. The van der Waals surface area contributed by atoms with E-state index in [0.29, 0.717) is 5.69 Å². The SMILES string of the molecule is C=C/C(NC(=C1CC1)c1nc(-c2cccc(-c3ccccc3)c2)ccc1N)=C(\C=C/C)N1CCCCC1. The number of hydrogen-bond donors (Lipinski definition) is 2. The summed E-state index contributed by atoms with van der Waals surface area (Å²) in [6.07, 6.45) is 12.1. The lowest BCUT2D eigenvalue weighted by Crippen LogP contribution is -2.31. The van der Waals surface area contributed by atoms with E-state index >= 15 is 0 Å². The standard InChI is InChI=1S/C33H36N4/c1-3-12-31(37-21-9-6-10-22-37)29(4-2)35-32(25-17-18-25)33-28(34)19-20-30(36-33)27-16-11-15-26(23-27)24-13-7-5-8-14-24/h3-5,7-8,11-16,19-20,23,35H,2,6,9-10,17-18,21-22,34H2,1H3/b12-3-,31-29-. The predicted octanol–water partition coefficient (Wildman–Crippen LogP) is 7.55.